The molecular formula is C21H29FN3O8P. The highest BCUT2D eigenvalue weighted by atomic mass is 31.1. The third-order valence-corrected chi connectivity index (χ3v) is 5.74. The summed E-state index contributed by atoms with van der Waals surface area (Å²) in [5.74, 6) is -4.49. The molecule has 0 saturated heterocycles. The first-order chi connectivity index (χ1) is 15.9. The van der Waals surface area contributed by atoms with Crippen molar-refractivity contribution in [3.05, 3.63) is 42.6 Å². The summed E-state index contributed by atoms with van der Waals surface area (Å²) in [6.07, 6.45) is -0.186. The number of hydrogen-bond donors (Lipinski definition) is 5. The molecule has 5 atom stereocenters. The molecule has 0 aliphatic heterocycles. The van der Waals surface area contributed by atoms with E-state index in [1.54, 1.807) is 6.92 Å². The standard InChI is InChI=1S/C21H29FN3O8P/c1-4-12(2)18(24-19(28)14-5-7-15(22)8-6-14)20(29)23-13(3)11-33-34(32)25-16(21(30)31)9-10-17(26)27/h5-8,12-13,16,18H,3-4,9-11H2,1-2H3,(H,23,29)(H,24,28)(H,25,32)(H,26,27)(H,30,31). The smallest absolute Gasteiger partial charge is 0.481 e. The van der Waals surface area contributed by atoms with Crippen LogP contribution >= 0.6 is 8.18 Å². The molecule has 34 heavy (non-hydrogen) atoms. The maximum absolute atomic E-state index is 13.1. The van der Waals surface area contributed by atoms with E-state index in [9.17, 15) is 28.1 Å². The van der Waals surface area contributed by atoms with Crippen LogP contribution in [0.2, 0.25) is 0 Å². The lowest BCUT2D eigenvalue weighted by Gasteiger charge is -2.27. The Morgan fingerprint density at radius 2 is 1.76 bits per heavy atom. The number of halogens is 1. The average molecular weight is 501 g/mol. The van der Waals surface area contributed by atoms with Gasteiger partial charge in [0.15, 0.2) is 6.04 Å². The molecule has 0 radical (unpaired) electrons. The van der Waals surface area contributed by atoms with Gasteiger partial charge in [0.25, 0.3) is 5.91 Å². The van der Waals surface area contributed by atoms with E-state index in [0.29, 0.717) is 6.42 Å². The molecule has 0 spiro atoms. The Morgan fingerprint density at radius 1 is 1.15 bits per heavy atom. The molecule has 0 aliphatic carbocycles. The fourth-order valence-electron chi connectivity index (χ4n) is 2.69. The maximum Gasteiger partial charge on any atom is 0.613 e. The van der Waals surface area contributed by atoms with E-state index in [0.717, 1.165) is 12.1 Å². The molecule has 0 aliphatic rings. The molecule has 0 aromatic heterocycles. The topological polar surface area (TPSA) is 171 Å². The molecule has 0 saturated carbocycles. The number of aliphatic carboxylic acids is 2. The molecule has 188 valence electrons. The molecule has 5 unspecified atom stereocenters. The van der Waals surface area contributed by atoms with Crippen molar-refractivity contribution < 1.29 is 42.9 Å². The van der Waals surface area contributed by atoms with Gasteiger partial charge in [-0.15, -0.1) is 4.52 Å². The van der Waals surface area contributed by atoms with Gasteiger partial charge >= 0.3 is 20.1 Å². The summed E-state index contributed by atoms with van der Waals surface area (Å²) in [5.41, 5.74) is 0.177. The van der Waals surface area contributed by atoms with Crippen LogP contribution in [0, 0.1) is 18.7 Å². The van der Waals surface area contributed by atoms with E-state index in [4.69, 9.17) is 14.7 Å². The number of carbonyl (C=O) groups is 4. The predicted octanol–water partition coefficient (Wildman–Crippen LogP) is 1.87. The number of carbonyl (C=O) groups excluding carboxylic acids is 2. The molecule has 5 N–H and O–H groups in total. The number of hydrogen-bond acceptors (Lipinski definition) is 6. The molecule has 2 amide bonds. The molecular weight excluding hydrogens is 472 g/mol. The normalized spacial score (nSPS) is 14.9. The Kier molecular flexibility index (Phi) is 12.3. The predicted molar refractivity (Wildman–Crippen MR) is 119 cm³/mol. The van der Waals surface area contributed by atoms with Crippen LogP contribution in [0.25, 0.3) is 0 Å². The van der Waals surface area contributed by atoms with E-state index in [-0.39, 0.29) is 24.5 Å². The summed E-state index contributed by atoms with van der Waals surface area (Å²) < 4.78 is 30.1. The van der Waals surface area contributed by atoms with Crippen molar-refractivity contribution in [3.8, 4) is 0 Å². The molecule has 0 bridgehead atoms. The lowest BCUT2D eigenvalue weighted by atomic mass is 9.97. The summed E-state index contributed by atoms with van der Waals surface area (Å²) in [4.78, 5) is 46.9. The van der Waals surface area contributed by atoms with Gasteiger partial charge in [-0.1, -0.05) is 31.4 Å². The largest absolute Gasteiger partial charge is 0.613 e. The highest BCUT2D eigenvalue weighted by molar-refractivity contribution is 7.36. The summed E-state index contributed by atoms with van der Waals surface area (Å²) in [6.45, 7) is 6.92. The lowest BCUT2D eigenvalue weighted by Crippen LogP contribution is -2.52. The van der Waals surface area contributed by atoms with Crippen molar-refractivity contribution >= 4 is 31.9 Å². The fraction of sp³-hybridized carbons (Fsp3) is 0.476. The Labute approximate surface area is 197 Å². The highest BCUT2D eigenvalue weighted by Gasteiger charge is 2.31. The second-order valence-electron chi connectivity index (χ2n) is 7.55. The molecule has 1 aromatic rings. The van der Waals surface area contributed by atoms with Crippen LogP contribution in [0.5, 0.6) is 0 Å². The Morgan fingerprint density at radius 3 is 2.29 bits per heavy atom. The zero-order valence-electron chi connectivity index (χ0n) is 18.8. The number of carboxylic acids is 2. The Bertz CT molecular complexity index is 883. The second kappa shape index (κ2) is 14.3. The van der Waals surface area contributed by atoms with Crippen molar-refractivity contribution in [2.24, 2.45) is 5.92 Å². The van der Waals surface area contributed by atoms with Crippen LogP contribution < -0.4 is 15.7 Å². The van der Waals surface area contributed by atoms with Gasteiger partial charge in [0.1, 0.15) is 11.9 Å². The highest BCUT2D eigenvalue weighted by Crippen LogP contribution is 2.19. The molecule has 11 nitrogen and oxygen atoms in total. The lowest BCUT2D eigenvalue weighted by molar-refractivity contribution is -0.140. The zero-order valence-corrected chi connectivity index (χ0v) is 19.7. The van der Waals surface area contributed by atoms with Gasteiger partial charge in [-0.05, 0) is 41.2 Å². The number of carboxylic acid groups (broad SMARTS) is 2. The molecule has 0 heterocycles. The van der Waals surface area contributed by atoms with Gasteiger partial charge in [-0.3, -0.25) is 19.2 Å². The van der Waals surface area contributed by atoms with E-state index >= 15 is 0 Å². The van der Waals surface area contributed by atoms with Gasteiger partial charge in [0.05, 0.1) is 6.61 Å². The third-order valence-electron chi connectivity index (χ3n) is 4.83. The van der Waals surface area contributed by atoms with Crippen LogP contribution in [-0.2, 0) is 23.5 Å². The minimum Gasteiger partial charge on any atom is -0.481 e. The Hall–Kier alpha value is -2.95. The molecule has 0 fully saturated rings. The van der Waals surface area contributed by atoms with Crippen molar-refractivity contribution in [2.75, 3.05) is 6.61 Å². The first kappa shape index (κ1) is 29.1. The Balaban J connectivity index is 2.64. The van der Waals surface area contributed by atoms with Gasteiger partial charge in [0.2, 0.25) is 5.91 Å². The van der Waals surface area contributed by atoms with Gasteiger partial charge < -0.3 is 27.8 Å². The van der Waals surface area contributed by atoms with Crippen molar-refractivity contribution in [1.82, 2.24) is 15.7 Å². The number of benzene rings is 1. The summed E-state index contributed by atoms with van der Waals surface area (Å²) in [6, 6.07) is 1.60. The average Bonchev–Trinajstić information content (AvgIpc) is 2.78. The molecule has 1 aromatic carbocycles. The summed E-state index contributed by atoms with van der Waals surface area (Å²) >= 11 is 0. The number of rotatable bonds is 15. The van der Waals surface area contributed by atoms with E-state index in [1.807, 2.05) is 6.92 Å². The van der Waals surface area contributed by atoms with Crippen LogP contribution in [0.3, 0.4) is 0 Å². The fourth-order valence-corrected chi connectivity index (χ4v) is 3.58. The minimum atomic E-state index is -2.68. The van der Waals surface area contributed by atoms with Crippen LogP contribution in [0.15, 0.2) is 24.3 Å². The van der Waals surface area contributed by atoms with Gasteiger partial charge in [-0.2, -0.15) is 0 Å². The van der Waals surface area contributed by atoms with Crippen LogP contribution in [0.1, 0.15) is 43.5 Å². The van der Waals surface area contributed by atoms with Gasteiger partial charge in [0, 0.05) is 12.0 Å². The summed E-state index contributed by atoms with van der Waals surface area (Å²) in [7, 11) is -2.68. The van der Waals surface area contributed by atoms with Crippen LogP contribution in [0.4, 0.5) is 4.39 Å². The van der Waals surface area contributed by atoms with E-state index < -0.39 is 62.3 Å². The van der Waals surface area contributed by atoms with Crippen molar-refractivity contribution in [2.45, 2.75) is 51.2 Å². The quantitative estimate of drug-likeness (QED) is 0.178. The minimum absolute atomic E-state index is 0.177. The van der Waals surface area contributed by atoms with Crippen molar-refractivity contribution in [3.63, 3.8) is 0 Å². The van der Waals surface area contributed by atoms with E-state index in [1.165, 1.54) is 12.1 Å². The third kappa shape index (κ3) is 10.3. The monoisotopic (exact) mass is 501 g/mol. The van der Waals surface area contributed by atoms with E-state index in [2.05, 4.69) is 22.6 Å². The molecule has 1 rings (SSSR count). The SMILES string of the molecule is [CH2-]C(CO[P+](=O)NC(CCC(=O)O)C(=O)O)NC(=O)C(NC(=O)c1ccc(F)cc1)C(C)CC. The first-order valence-electron chi connectivity index (χ1n) is 10.4. The van der Waals surface area contributed by atoms with Gasteiger partial charge in [-0.25, -0.2) is 4.39 Å². The number of amides is 2. The second-order valence-corrected chi connectivity index (χ2v) is 8.58. The zero-order chi connectivity index (χ0) is 25.8. The summed E-state index contributed by atoms with van der Waals surface area (Å²) in [5, 5.41) is 25.1. The van der Waals surface area contributed by atoms with Crippen molar-refractivity contribution in [1.29, 1.82) is 0 Å². The number of nitrogens with one attached hydrogen (secondary N) is 3. The maximum atomic E-state index is 13.1. The molecule has 13 heteroatoms. The first-order valence-corrected chi connectivity index (χ1v) is 11.6. The van der Waals surface area contributed by atoms with Crippen LogP contribution in [-0.4, -0.2) is 58.7 Å².